The molecule has 1 N–H and O–H groups in total. The van der Waals surface area contributed by atoms with Crippen LogP contribution in [0.2, 0.25) is 0 Å². The third-order valence-corrected chi connectivity index (χ3v) is 2.34. The standard InChI is InChI=1S/C7H5BrF2N2O3/c8-1-3-2-11-7(13)5(12(14)15)4(3)6(9)10/h2,6H,1H2,(H,11,13). The first-order valence-corrected chi connectivity index (χ1v) is 4.84. The van der Waals surface area contributed by atoms with Crippen LogP contribution in [-0.2, 0) is 5.33 Å². The molecule has 0 saturated carbocycles. The van der Waals surface area contributed by atoms with Gasteiger partial charge in [-0.2, -0.15) is 0 Å². The number of hydrogen-bond acceptors (Lipinski definition) is 3. The van der Waals surface area contributed by atoms with Crippen LogP contribution >= 0.6 is 15.9 Å². The molecule has 0 aliphatic heterocycles. The predicted octanol–water partition coefficient (Wildman–Crippen LogP) is 2.12. The lowest BCUT2D eigenvalue weighted by molar-refractivity contribution is -0.387. The van der Waals surface area contributed by atoms with E-state index in [1.165, 1.54) is 0 Å². The predicted molar refractivity (Wildman–Crippen MR) is 51.3 cm³/mol. The van der Waals surface area contributed by atoms with E-state index < -0.39 is 28.2 Å². The number of nitrogens with one attached hydrogen (secondary N) is 1. The van der Waals surface area contributed by atoms with Gasteiger partial charge in [-0.25, -0.2) is 8.78 Å². The van der Waals surface area contributed by atoms with Crippen molar-refractivity contribution < 1.29 is 13.7 Å². The van der Waals surface area contributed by atoms with Crippen molar-refractivity contribution in [1.82, 2.24) is 4.98 Å². The Morgan fingerprint density at radius 2 is 2.20 bits per heavy atom. The summed E-state index contributed by atoms with van der Waals surface area (Å²) in [6, 6.07) is 0. The molecule has 0 fully saturated rings. The fraction of sp³-hybridized carbons (Fsp3) is 0.286. The molecule has 0 saturated heterocycles. The third-order valence-electron chi connectivity index (χ3n) is 1.74. The van der Waals surface area contributed by atoms with Gasteiger partial charge in [0.2, 0.25) is 0 Å². The number of pyridine rings is 1. The molecule has 0 spiro atoms. The van der Waals surface area contributed by atoms with Crippen LogP contribution in [0.25, 0.3) is 0 Å². The van der Waals surface area contributed by atoms with Crippen molar-refractivity contribution >= 4 is 21.6 Å². The smallest absolute Gasteiger partial charge is 0.323 e. The zero-order chi connectivity index (χ0) is 11.6. The second-order valence-electron chi connectivity index (χ2n) is 2.60. The highest BCUT2D eigenvalue weighted by Crippen LogP contribution is 2.29. The molecule has 1 heterocycles. The first-order chi connectivity index (χ1) is 6.99. The van der Waals surface area contributed by atoms with Crippen molar-refractivity contribution in [1.29, 1.82) is 0 Å². The lowest BCUT2D eigenvalue weighted by Crippen LogP contribution is -2.16. The van der Waals surface area contributed by atoms with E-state index >= 15 is 0 Å². The Balaban J connectivity index is 3.58. The van der Waals surface area contributed by atoms with Crippen LogP contribution in [0.5, 0.6) is 0 Å². The average molecular weight is 283 g/mol. The summed E-state index contributed by atoms with van der Waals surface area (Å²) < 4.78 is 25.1. The summed E-state index contributed by atoms with van der Waals surface area (Å²) in [4.78, 5) is 22.4. The van der Waals surface area contributed by atoms with Gasteiger partial charge in [0.05, 0.1) is 4.92 Å². The Hall–Kier alpha value is -1.31. The van der Waals surface area contributed by atoms with Crippen molar-refractivity contribution in [2.24, 2.45) is 0 Å². The Kier molecular flexibility index (Phi) is 3.51. The molecule has 5 nitrogen and oxygen atoms in total. The summed E-state index contributed by atoms with van der Waals surface area (Å²) >= 11 is 2.91. The summed E-state index contributed by atoms with van der Waals surface area (Å²) in [7, 11) is 0. The van der Waals surface area contributed by atoms with Crippen LogP contribution in [0, 0.1) is 10.1 Å². The Labute approximate surface area is 90.4 Å². The van der Waals surface area contributed by atoms with Gasteiger partial charge in [0, 0.05) is 11.5 Å². The molecular weight excluding hydrogens is 278 g/mol. The molecule has 1 aromatic heterocycles. The van der Waals surface area contributed by atoms with Crippen LogP contribution in [0.15, 0.2) is 11.0 Å². The molecule has 0 bridgehead atoms. The highest BCUT2D eigenvalue weighted by molar-refractivity contribution is 9.08. The largest absolute Gasteiger partial charge is 0.343 e. The summed E-state index contributed by atoms with van der Waals surface area (Å²) in [5.74, 6) is 0. The van der Waals surface area contributed by atoms with Crippen molar-refractivity contribution in [3.63, 3.8) is 0 Å². The summed E-state index contributed by atoms with van der Waals surface area (Å²) in [5.41, 5.74) is -3.06. The van der Waals surface area contributed by atoms with Gasteiger partial charge < -0.3 is 4.98 Å². The number of halogens is 3. The average Bonchev–Trinajstić information content (AvgIpc) is 2.16. The molecule has 82 valence electrons. The first kappa shape index (κ1) is 11.8. The molecule has 1 rings (SSSR count). The number of H-pyrrole nitrogens is 1. The van der Waals surface area contributed by atoms with Gasteiger partial charge in [0.25, 0.3) is 6.43 Å². The van der Waals surface area contributed by atoms with Gasteiger partial charge in [-0.1, -0.05) is 15.9 Å². The first-order valence-electron chi connectivity index (χ1n) is 3.72. The minimum absolute atomic E-state index is 0.00343. The second-order valence-corrected chi connectivity index (χ2v) is 3.16. The maximum absolute atomic E-state index is 12.5. The van der Waals surface area contributed by atoms with Gasteiger partial charge in [-0.05, 0) is 5.56 Å². The van der Waals surface area contributed by atoms with Crippen molar-refractivity contribution in [3.05, 3.63) is 37.8 Å². The molecule has 0 radical (unpaired) electrons. The molecule has 0 atom stereocenters. The van der Waals surface area contributed by atoms with Crippen LogP contribution in [-0.4, -0.2) is 9.91 Å². The fourth-order valence-electron chi connectivity index (χ4n) is 1.11. The van der Waals surface area contributed by atoms with E-state index in [9.17, 15) is 23.7 Å². The number of hydrogen-bond donors (Lipinski definition) is 1. The zero-order valence-electron chi connectivity index (χ0n) is 7.17. The number of aromatic amines is 1. The van der Waals surface area contributed by atoms with Crippen LogP contribution in [0.3, 0.4) is 0 Å². The van der Waals surface area contributed by atoms with Crippen molar-refractivity contribution in [3.8, 4) is 0 Å². The number of aromatic nitrogens is 1. The molecule has 0 unspecified atom stereocenters. The quantitative estimate of drug-likeness (QED) is 0.524. The second kappa shape index (κ2) is 4.47. The highest BCUT2D eigenvalue weighted by atomic mass is 79.9. The van der Waals surface area contributed by atoms with E-state index in [0.29, 0.717) is 0 Å². The number of nitrogens with zero attached hydrogens (tertiary/aromatic N) is 1. The van der Waals surface area contributed by atoms with Gasteiger partial charge in [-0.3, -0.25) is 14.9 Å². The van der Waals surface area contributed by atoms with Crippen LogP contribution in [0.1, 0.15) is 17.6 Å². The summed E-state index contributed by atoms with van der Waals surface area (Å²) in [6.07, 6.45) is -2.02. The molecule has 1 aromatic rings. The lowest BCUT2D eigenvalue weighted by atomic mass is 10.1. The molecular formula is C7H5BrF2N2O3. The maximum Gasteiger partial charge on any atom is 0.343 e. The number of rotatable bonds is 3. The van der Waals surface area contributed by atoms with Gasteiger partial charge >= 0.3 is 11.2 Å². The van der Waals surface area contributed by atoms with E-state index in [2.05, 4.69) is 15.9 Å². The Bertz CT molecular complexity index is 446. The molecule has 0 aliphatic rings. The van der Waals surface area contributed by atoms with Crippen LogP contribution in [0.4, 0.5) is 14.5 Å². The molecule has 0 amide bonds. The van der Waals surface area contributed by atoms with E-state index in [4.69, 9.17) is 0 Å². The van der Waals surface area contributed by atoms with Crippen molar-refractivity contribution in [2.75, 3.05) is 0 Å². The van der Waals surface area contributed by atoms with E-state index in [-0.39, 0.29) is 10.9 Å². The topological polar surface area (TPSA) is 76.0 Å². The third kappa shape index (κ3) is 2.20. The van der Waals surface area contributed by atoms with Crippen molar-refractivity contribution in [2.45, 2.75) is 11.8 Å². The maximum atomic E-state index is 12.5. The highest BCUT2D eigenvalue weighted by Gasteiger charge is 2.28. The fourth-order valence-corrected chi connectivity index (χ4v) is 1.57. The monoisotopic (exact) mass is 282 g/mol. The molecule has 15 heavy (non-hydrogen) atoms. The van der Waals surface area contributed by atoms with E-state index in [0.717, 1.165) is 6.20 Å². The minimum Gasteiger partial charge on any atom is -0.323 e. The van der Waals surface area contributed by atoms with Gasteiger partial charge in [-0.15, -0.1) is 0 Å². The normalized spacial score (nSPS) is 10.7. The Morgan fingerprint density at radius 3 is 2.60 bits per heavy atom. The number of alkyl halides is 3. The number of nitro groups is 1. The molecule has 0 aliphatic carbocycles. The molecule has 8 heteroatoms. The lowest BCUT2D eigenvalue weighted by Gasteiger charge is -2.05. The SMILES string of the molecule is O=c1[nH]cc(CBr)c(C(F)F)c1[N+](=O)[O-]. The van der Waals surface area contributed by atoms with E-state index in [1.54, 1.807) is 0 Å². The van der Waals surface area contributed by atoms with Gasteiger partial charge in [0.1, 0.15) is 5.56 Å². The minimum atomic E-state index is -3.06. The summed E-state index contributed by atoms with van der Waals surface area (Å²) in [5, 5.41) is 10.5. The van der Waals surface area contributed by atoms with E-state index in [1.807, 2.05) is 4.98 Å². The summed E-state index contributed by atoms with van der Waals surface area (Å²) in [6.45, 7) is 0. The zero-order valence-corrected chi connectivity index (χ0v) is 8.75. The molecule has 0 aromatic carbocycles. The van der Waals surface area contributed by atoms with Gasteiger partial charge in [0.15, 0.2) is 0 Å². The Morgan fingerprint density at radius 1 is 1.60 bits per heavy atom. The van der Waals surface area contributed by atoms with Crippen LogP contribution < -0.4 is 5.56 Å².